The van der Waals surface area contributed by atoms with Gasteiger partial charge in [-0.15, -0.1) is 11.3 Å². The molecule has 0 atom stereocenters. The first-order valence-corrected chi connectivity index (χ1v) is 5.08. The third-order valence-corrected chi connectivity index (χ3v) is 2.65. The summed E-state index contributed by atoms with van der Waals surface area (Å²) in [6.45, 7) is 2.57. The standard InChI is InChI=1S/C9H11NO3S/c1-2-5-10-8(11)6-3-4-7(14-6)9(12)13/h3-4H,2,5H2,1H3,(H,10,11)(H,12,13). The Morgan fingerprint density at radius 3 is 2.57 bits per heavy atom. The molecule has 0 saturated carbocycles. The second-order valence-electron chi connectivity index (χ2n) is 2.72. The third-order valence-electron chi connectivity index (χ3n) is 1.58. The van der Waals surface area contributed by atoms with Gasteiger partial charge in [-0.3, -0.25) is 4.79 Å². The molecule has 0 unspecified atom stereocenters. The molecule has 1 aromatic heterocycles. The zero-order chi connectivity index (χ0) is 10.6. The number of amides is 1. The van der Waals surface area contributed by atoms with Crippen LogP contribution < -0.4 is 5.32 Å². The molecule has 0 spiro atoms. The van der Waals surface area contributed by atoms with Crippen LogP contribution in [0.2, 0.25) is 0 Å². The Balaban J connectivity index is 2.66. The Morgan fingerprint density at radius 1 is 1.43 bits per heavy atom. The lowest BCUT2D eigenvalue weighted by Crippen LogP contribution is -2.22. The summed E-state index contributed by atoms with van der Waals surface area (Å²) >= 11 is 0.988. The van der Waals surface area contributed by atoms with Gasteiger partial charge in [-0.25, -0.2) is 4.79 Å². The number of nitrogens with one attached hydrogen (secondary N) is 1. The minimum Gasteiger partial charge on any atom is -0.477 e. The van der Waals surface area contributed by atoms with Gasteiger partial charge in [-0.1, -0.05) is 6.92 Å². The molecule has 2 N–H and O–H groups in total. The number of carboxylic acids is 1. The molecule has 1 rings (SSSR count). The Labute approximate surface area is 85.6 Å². The van der Waals surface area contributed by atoms with Crippen molar-refractivity contribution in [3.8, 4) is 0 Å². The quantitative estimate of drug-likeness (QED) is 0.798. The Kier molecular flexibility index (Phi) is 3.64. The van der Waals surface area contributed by atoms with Crippen molar-refractivity contribution in [3.63, 3.8) is 0 Å². The highest BCUT2D eigenvalue weighted by Crippen LogP contribution is 2.15. The van der Waals surface area contributed by atoms with E-state index in [-0.39, 0.29) is 10.8 Å². The van der Waals surface area contributed by atoms with Crippen LogP contribution in [-0.4, -0.2) is 23.5 Å². The van der Waals surface area contributed by atoms with Crippen molar-refractivity contribution in [2.45, 2.75) is 13.3 Å². The van der Waals surface area contributed by atoms with Crippen LogP contribution in [0.15, 0.2) is 12.1 Å². The predicted octanol–water partition coefficient (Wildman–Crippen LogP) is 1.59. The number of rotatable bonds is 4. The second-order valence-corrected chi connectivity index (χ2v) is 3.81. The second kappa shape index (κ2) is 4.76. The van der Waals surface area contributed by atoms with E-state index in [0.717, 1.165) is 17.8 Å². The van der Waals surface area contributed by atoms with Crippen LogP contribution >= 0.6 is 11.3 Å². The topological polar surface area (TPSA) is 66.4 Å². The van der Waals surface area contributed by atoms with Crippen molar-refractivity contribution in [2.75, 3.05) is 6.54 Å². The largest absolute Gasteiger partial charge is 0.477 e. The molecule has 0 aliphatic carbocycles. The van der Waals surface area contributed by atoms with Crippen LogP contribution in [0.5, 0.6) is 0 Å². The van der Waals surface area contributed by atoms with Gasteiger partial charge in [0.2, 0.25) is 0 Å². The number of thiophene rings is 1. The number of carboxylic acid groups (broad SMARTS) is 1. The van der Waals surface area contributed by atoms with E-state index in [1.807, 2.05) is 6.92 Å². The summed E-state index contributed by atoms with van der Waals surface area (Å²) in [4.78, 5) is 22.5. The molecular weight excluding hydrogens is 202 g/mol. The number of hydrogen-bond acceptors (Lipinski definition) is 3. The SMILES string of the molecule is CCCNC(=O)c1ccc(C(=O)O)s1. The molecule has 4 nitrogen and oxygen atoms in total. The average Bonchev–Trinajstić information content (AvgIpc) is 2.62. The number of aromatic carboxylic acids is 1. The molecule has 0 fully saturated rings. The number of carbonyl (C=O) groups is 2. The van der Waals surface area contributed by atoms with Gasteiger partial charge in [0.05, 0.1) is 4.88 Å². The summed E-state index contributed by atoms with van der Waals surface area (Å²) < 4.78 is 0. The molecule has 0 aromatic carbocycles. The first kappa shape index (κ1) is 10.7. The Hall–Kier alpha value is -1.36. The fraction of sp³-hybridized carbons (Fsp3) is 0.333. The van der Waals surface area contributed by atoms with Gasteiger partial charge >= 0.3 is 5.97 Å². The van der Waals surface area contributed by atoms with Crippen molar-refractivity contribution < 1.29 is 14.7 Å². The Bertz CT molecular complexity index is 346. The van der Waals surface area contributed by atoms with Crippen LogP contribution in [0, 0.1) is 0 Å². The maximum atomic E-state index is 11.3. The van der Waals surface area contributed by atoms with E-state index in [0.29, 0.717) is 11.4 Å². The summed E-state index contributed by atoms with van der Waals surface area (Å²) in [7, 11) is 0. The summed E-state index contributed by atoms with van der Waals surface area (Å²) in [6.07, 6.45) is 0.864. The molecule has 0 saturated heterocycles. The van der Waals surface area contributed by atoms with Crippen LogP contribution in [0.1, 0.15) is 32.7 Å². The van der Waals surface area contributed by atoms with Crippen molar-refractivity contribution in [3.05, 3.63) is 21.9 Å². The molecule has 5 heteroatoms. The van der Waals surface area contributed by atoms with E-state index in [9.17, 15) is 9.59 Å². The molecule has 1 amide bonds. The van der Waals surface area contributed by atoms with Crippen LogP contribution in [-0.2, 0) is 0 Å². The smallest absolute Gasteiger partial charge is 0.345 e. The van der Waals surface area contributed by atoms with E-state index in [1.165, 1.54) is 12.1 Å². The van der Waals surface area contributed by atoms with E-state index in [1.54, 1.807) is 0 Å². The van der Waals surface area contributed by atoms with Crippen molar-refractivity contribution in [1.82, 2.24) is 5.32 Å². The zero-order valence-corrected chi connectivity index (χ0v) is 8.56. The van der Waals surface area contributed by atoms with Crippen LogP contribution in [0.4, 0.5) is 0 Å². The minimum absolute atomic E-state index is 0.187. The van der Waals surface area contributed by atoms with Gasteiger partial charge in [0, 0.05) is 6.54 Å². The number of hydrogen-bond donors (Lipinski definition) is 2. The van der Waals surface area contributed by atoms with Crippen molar-refractivity contribution in [1.29, 1.82) is 0 Å². The lowest BCUT2D eigenvalue weighted by molar-refractivity contribution is 0.0702. The molecule has 76 valence electrons. The first-order valence-electron chi connectivity index (χ1n) is 4.26. The van der Waals surface area contributed by atoms with Gasteiger partial charge in [0.15, 0.2) is 0 Å². The van der Waals surface area contributed by atoms with E-state index >= 15 is 0 Å². The lowest BCUT2D eigenvalue weighted by Gasteiger charge is -1.98. The van der Waals surface area contributed by atoms with Crippen molar-refractivity contribution in [2.24, 2.45) is 0 Å². The van der Waals surface area contributed by atoms with Gasteiger partial charge in [-0.2, -0.15) is 0 Å². The highest BCUT2D eigenvalue weighted by Gasteiger charge is 2.11. The molecular formula is C9H11NO3S. The summed E-state index contributed by atoms with van der Waals surface area (Å²) in [6, 6.07) is 2.97. The van der Waals surface area contributed by atoms with Gasteiger partial charge in [0.25, 0.3) is 5.91 Å². The van der Waals surface area contributed by atoms with E-state index in [4.69, 9.17) is 5.11 Å². The van der Waals surface area contributed by atoms with Gasteiger partial charge in [0.1, 0.15) is 4.88 Å². The van der Waals surface area contributed by atoms with Gasteiger partial charge in [-0.05, 0) is 18.6 Å². The monoisotopic (exact) mass is 213 g/mol. The minimum atomic E-state index is -0.996. The Morgan fingerprint density at radius 2 is 2.07 bits per heavy atom. The summed E-state index contributed by atoms with van der Waals surface area (Å²) in [5, 5.41) is 11.3. The fourth-order valence-corrected chi connectivity index (χ4v) is 1.66. The molecule has 0 aliphatic heterocycles. The highest BCUT2D eigenvalue weighted by atomic mass is 32.1. The fourth-order valence-electron chi connectivity index (χ4n) is 0.901. The van der Waals surface area contributed by atoms with Gasteiger partial charge < -0.3 is 10.4 Å². The predicted molar refractivity (Wildman–Crippen MR) is 53.9 cm³/mol. The third kappa shape index (κ3) is 2.56. The zero-order valence-electron chi connectivity index (χ0n) is 7.74. The molecule has 0 aliphatic rings. The van der Waals surface area contributed by atoms with Crippen molar-refractivity contribution >= 4 is 23.2 Å². The maximum Gasteiger partial charge on any atom is 0.345 e. The van der Waals surface area contributed by atoms with E-state index in [2.05, 4.69) is 5.32 Å². The molecule has 0 radical (unpaired) electrons. The summed E-state index contributed by atoms with van der Waals surface area (Å²) in [5.41, 5.74) is 0. The first-order chi connectivity index (χ1) is 6.65. The molecule has 14 heavy (non-hydrogen) atoms. The number of carbonyl (C=O) groups excluding carboxylic acids is 1. The maximum absolute atomic E-state index is 11.3. The highest BCUT2D eigenvalue weighted by molar-refractivity contribution is 7.15. The summed E-state index contributed by atoms with van der Waals surface area (Å²) in [5.74, 6) is -1.20. The molecule has 1 aromatic rings. The average molecular weight is 213 g/mol. The molecule has 1 heterocycles. The van der Waals surface area contributed by atoms with E-state index < -0.39 is 5.97 Å². The molecule has 0 bridgehead atoms. The van der Waals surface area contributed by atoms with Crippen LogP contribution in [0.3, 0.4) is 0 Å². The lowest BCUT2D eigenvalue weighted by atomic mass is 10.4. The van der Waals surface area contributed by atoms with Crippen LogP contribution in [0.25, 0.3) is 0 Å². The normalized spacial score (nSPS) is 9.79.